The SMILES string of the molecule is COc1ccc2c(c1)CN(C[C@@H](CC(F)CNC(=O)OC(C)(C)C)NC(=O)OC(C)(C)C)C(=O)c1[nH]c3ccc(F)cc3c1-2. The molecule has 12 heteroatoms. The number of alkyl halides is 1. The zero-order chi connectivity index (χ0) is 32.4. The van der Waals surface area contributed by atoms with Gasteiger partial charge in [0, 0.05) is 36.0 Å². The number of fused-ring (bicyclic) bond motifs is 5. The normalized spacial score (nSPS) is 14.7. The maximum absolute atomic E-state index is 15.3. The molecule has 44 heavy (non-hydrogen) atoms. The van der Waals surface area contributed by atoms with E-state index >= 15 is 4.39 Å². The fourth-order valence-corrected chi connectivity index (χ4v) is 5.08. The second-order valence-electron chi connectivity index (χ2n) is 12.8. The van der Waals surface area contributed by atoms with Crippen LogP contribution in [0.25, 0.3) is 22.0 Å². The smallest absolute Gasteiger partial charge is 0.407 e. The molecule has 3 N–H and O–H groups in total. The van der Waals surface area contributed by atoms with Crippen molar-refractivity contribution in [2.75, 3.05) is 20.2 Å². The molecule has 0 saturated carbocycles. The standard InChI is InChI=1S/C32H40F2N4O6/c1-31(2,3)43-29(40)35-15-20(34)13-21(36-30(41)44-32(4,5)6)17-38-16-18-12-22(42-7)9-10-23(18)26-24-14-19(33)8-11-25(24)37-27(26)28(38)39/h8-12,14,20-21,37H,13,15-17H2,1-7H3,(H,35,40)(H,36,41)/t20?,21-/m1/s1. The van der Waals surface area contributed by atoms with Crippen LogP contribution in [0.3, 0.4) is 0 Å². The van der Waals surface area contributed by atoms with Crippen LogP contribution >= 0.6 is 0 Å². The van der Waals surface area contributed by atoms with E-state index in [2.05, 4.69) is 15.6 Å². The van der Waals surface area contributed by atoms with Gasteiger partial charge in [-0.2, -0.15) is 0 Å². The first-order valence-corrected chi connectivity index (χ1v) is 14.4. The lowest BCUT2D eigenvalue weighted by Crippen LogP contribution is -2.48. The van der Waals surface area contributed by atoms with Crippen LogP contribution < -0.4 is 15.4 Å². The number of halogens is 2. The Hall–Kier alpha value is -4.35. The largest absolute Gasteiger partial charge is 0.497 e. The van der Waals surface area contributed by atoms with Crippen LogP contribution in [0.2, 0.25) is 0 Å². The van der Waals surface area contributed by atoms with Crippen LogP contribution in [-0.2, 0) is 16.0 Å². The van der Waals surface area contributed by atoms with Crippen molar-refractivity contribution in [3.05, 3.63) is 53.5 Å². The van der Waals surface area contributed by atoms with Crippen molar-refractivity contribution >= 4 is 29.0 Å². The topological polar surface area (TPSA) is 122 Å². The van der Waals surface area contributed by atoms with Crippen LogP contribution in [0.15, 0.2) is 36.4 Å². The zero-order valence-corrected chi connectivity index (χ0v) is 26.1. The van der Waals surface area contributed by atoms with Crippen LogP contribution in [-0.4, -0.2) is 71.6 Å². The van der Waals surface area contributed by atoms with Crippen molar-refractivity contribution in [1.82, 2.24) is 20.5 Å². The second kappa shape index (κ2) is 12.7. The Bertz CT molecular complexity index is 1540. The van der Waals surface area contributed by atoms with E-state index in [1.54, 1.807) is 59.7 Å². The average Bonchev–Trinajstić information content (AvgIpc) is 3.22. The molecule has 0 spiro atoms. The molecule has 0 bridgehead atoms. The fourth-order valence-electron chi connectivity index (χ4n) is 5.08. The zero-order valence-electron chi connectivity index (χ0n) is 26.1. The number of aromatic nitrogens is 1. The number of hydrogen-bond donors (Lipinski definition) is 3. The Morgan fingerprint density at radius 3 is 2.36 bits per heavy atom. The van der Waals surface area contributed by atoms with Crippen LogP contribution in [0.1, 0.15) is 64.0 Å². The lowest BCUT2D eigenvalue weighted by Gasteiger charge is -2.29. The molecule has 3 amide bonds. The third-order valence-electron chi connectivity index (χ3n) is 6.77. The number of rotatable bonds is 8. The minimum atomic E-state index is -1.59. The summed E-state index contributed by atoms with van der Waals surface area (Å²) < 4.78 is 45.7. The molecule has 1 aromatic heterocycles. The Morgan fingerprint density at radius 2 is 1.70 bits per heavy atom. The highest BCUT2D eigenvalue weighted by atomic mass is 19.1. The predicted octanol–water partition coefficient (Wildman–Crippen LogP) is 6.08. The van der Waals surface area contributed by atoms with Gasteiger partial charge >= 0.3 is 12.2 Å². The summed E-state index contributed by atoms with van der Waals surface area (Å²) in [4.78, 5) is 43.6. The molecule has 2 heterocycles. The number of ether oxygens (including phenoxy) is 3. The Morgan fingerprint density at radius 1 is 1.02 bits per heavy atom. The highest BCUT2D eigenvalue weighted by Crippen LogP contribution is 2.40. The summed E-state index contributed by atoms with van der Waals surface area (Å²) in [5.41, 5.74) is 1.24. The summed E-state index contributed by atoms with van der Waals surface area (Å²) in [5.74, 6) is -0.297. The number of methoxy groups -OCH3 is 1. The van der Waals surface area contributed by atoms with Crippen LogP contribution in [0.4, 0.5) is 18.4 Å². The van der Waals surface area contributed by atoms with Crippen LogP contribution in [0, 0.1) is 5.82 Å². The third-order valence-corrected chi connectivity index (χ3v) is 6.77. The van der Waals surface area contributed by atoms with Gasteiger partial charge in [-0.1, -0.05) is 6.07 Å². The quantitative estimate of drug-likeness (QED) is 0.283. The Balaban J connectivity index is 1.65. The van der Waals surface area contributed by atoms with Crippen molar-refractivity contribution in [3.8, 4) is 16.9 Å². The summed E-state index contributed by atoms with van der Waals surface area (Å²) in [6.07, 6.45) is -3.38. The lowest BCUT2D eigenvalue weighted by atomic mass is 9.97. The number of carbonyl (C=O) groups is 3. The van der Waals surface area contributed by atoms with Crippen LogP contribution in [0.5, 0.6) is 5.75 Å². The van der Waals surface area contributed by atoms with Crippen molar-refractivity contribution < 1.29 is 37.4 Å². The van der Waals surface area contributed by atoms with Gasteiger partial charge < -0.3 is 34.7 Å². The first kappa shape index (κ1) is 32.6. The Labute approximate surface area is 255 Å². The van der Waals surface area contributed by atoms with E-state index in [1.165, 1.54) is 24.1 Å². The second-order valence-corrected chi connectivity index (χ2v) is 12.8. The molecule has 1 aliphatic rings. The van der Waals surface area contributed by atoms with E-state index in [-0.39, 0.29) is 31.7 Å². The van der Waals surface area contributed by atoms with Gasteiger partial charge in [0.05, 0.1) is 19.7 Å². The molecule has 2 aromatic carbocycles. The maximum Gasteiger partial charge on any atom is 0.407 e. The minimum absolute atomic E-state index is 0.0925. The molecule has 10 nitrogen and oxygen atoms in total. The highest BCUT2D eigenvalue weighted by molar-refractivity contribution is 6.11. The molecule has 0 radical (unpaired) electrons. The first-order valence-electron chi connectivity index (χ1n) is 14.4. The van der Waals surface area contributed by atoms with Gasteiger partial charge in [-0.05, 0) is 83.0 Å². The summed E-state index contributed by atoms with van der Waals surface area (Å²) >= 11 is 0. The van der Waals surface area contributed by atoms with E-state index in [0.717, 1.165) is 11.1 Å². The van der Waals surface area contributed by atoms with E-state index < -0.39 is 47.3 Å². The number of aromatic amines is 1. The lowest BCUT2D eigenvalue weighted by molar-refractivity contribution is 0.0446. The van der Waals surface area contributed by atoms with Gasteiger partial charge in [0.25, 0.3) is 5.91 Å². The fraction of sp³-hybridized carbons (Fsp3) is 0.469. The molecule has 238 valence electrons. The van der Waals surface area contributed by atoms with Crippen molar-refractivity contribution in [1.29, 1.82) is 0 Å². The Kier molecular flexibility index (Phi) is 9.41. The summed E-state index contributed by atoms with van der Waals surface area (Å²) in [5, 5.41) is 5.65. The summed E-state index contributed by atoms with van der Waals surface area (Å²) in [6.45, 7) is 9.83. The number of benzene rings is 2. The number of carbonyl (C=O) groups excluding carboxylic acids is 3. The molecule has 4 rings (SSSR count). The van der Waals surface area contributed by atoms with Gasteiger partial charge in [-0.25, -0.2) is 18.4 Å². The number of amides is 3. The van der Waals surface area contributed by atoms with Crippen molar-refractivity contribution in [2.45, 2.75) is 77.9 Å². The van der Waals surface area contributed by atoms with Gasteiger partial charge in [-0.3, -0.25) is 4.79 Å². The van der Waals surface area contributed by atoms with Gasteiger partial charge in [0.1, 0.15) is 34.6 Å². The number of alkyl carbamates (subject to hydrolysis) is 2. The highest BCUT2D eigenvalue weighted by Gasteiger charge is 2.33. The molecular formula is C32H40F2N4O6. The number of hydrogen-bond acceptors (Lipinski definition) is 6. The van der Waals surface area contributed by atoms with Crippen molar-refractivity contribution in [2.24, 2.45) is 0 Å². The monoisotopic (exact) mass is 614 g/mol. The number of nitrogens with zero attached hydrogens (tertiary/aromatic N) is 1. The van der Waals surface area contributed by atoms with Gasteiger partial charge in [0.15, 0.2) is 0 Å². The average molecular weight is 615 g/mol. The van der Waals surface area contributed by atoms with Gasteiger partial charge in [-0.15, -0.1) is 0 Å². The molecule has 3 aromatic rings. The molecule has 1 unspecified atom stereocenters. The summed E-state index contributed by atoms with van der Waals surface area (Å²) in [7, 11) is 1.53. The molecule has 1 aliphatic heterocycles. The summed E-state index contributed by atoms with van der Waals surface area (Å²) in [6, 6.07) is 8.72. The predicted molar refractivity (Wildman–Crippen MR) is 162 cm³/mol. The van der Waals surface area contributed by atoms with E-state index in [9.17, 15) is 18.8 Å². The van der Waals surface area contributed by atoms with E-state index in [1.807, 2.05) is 6.07 Å². The molecule has 0 aliphatic carbocycles. The third kappa shape index (κ3) is 8.18. The van der Waals surface area contributed by atoms with Crippen molar-refractivity contribution in [3.63, 3.8) is 0 Å². The molecule has 0 saturated heterocycles. The molecule has 2 atom stereocenters. The van der Waals surface area contributed by atoms with E-state index in [4.69, 9.17) is 14.2 Å². The number of H-pyrrole nitrogens is 1. The van der Waals surface area contributed by atoms with Gasteiger partial charge in [0.2, 0.25) is 0 Å². The maximum atomic E-state index is 15.3. The minimum Gasteiger partial charge on any atom is -0.497 e. The molecule has 0 fully saturated rings. The van der Waals surface area contributed by atoms with E-state index in [0.29, 0.717) is 22.2 Å². The number of nitrogens with one attached hydrogen (secondary N) is 3. The first-order chi connectivity index (χ1) is 20.5. The molecular weight excluding hydrogens is 574 g/mol.